The lowest BCUT2D eigenvalue weighted by Crippen LogP contribution is -2.27. The molecule has 0 aliphatic heterocycles. The van der Waals surface area contributed by atoms with Crippen LogP contribution in [0.1, 0.15) is 25.3 Å². The van der Waals surface area contributed by atoms with E-state index in [2.05, 4.69) is 5.10 Å². The molecule has 2 aromatic rings. The molecule has 2 N–H and O–H groups in total. The number of hydrogen-bond acceptors (Lipinski definition) is 3. The van der Waals surface area contributed by atoms with Crippen molar-refractivity contribution in [3.05, 3.63) is 48.3 Å². The molecule has 0 spiro atoms. The Labute approximate surface area is 137 Å². The van der Waals surface area contributed by atoms with E-state index in [-0.39, 0.29) is 24.4 Å². The van der Waals surface area contributed by atoms with Gasteiger partial charge >= 0.3 is 0 Å². The number of aromatic nitrogens is 2. The standard InChI is InChI=1S/C16H22N4O.ClH/c1-13(17)8-9-16(21)19(2)11-14-10-18-20(12-14)15-6-4-3-5-7-15;/h3-7,10,12-13H,8-9,11,17H2,1-2H3;1H. The quantitative estimate of drug-likeness (QED) is 0.888. The zero-order valence-corrected chi connectivity index (χ0v) is 13.8. The number of nitrogens with two attached hydrogens (primary N) is 1. The van der Waals surface area contributed by atoms with Crippen LogP contribution in [0.25, 0.3) is 5.69 Å². The fourth-order valence-corrected chi connectivity index (χ4v) is 2.07. The summed E-state index contributed by atoms with van der Waals surface area (Å²) < 4.78 is 1.82. The van der Waals surface area contributed by atoms with E-state index in [0.29, 0.717) is 19.4 Å². The predicted molar refractivity (Wildman–Crippen MR) is 90.2 cm³/mol. The van der Waals surface area contributed by atoms with Gasteiger partial charge in [-0.25, -0.2) is 4.68 Å². The maximum atomic E-state index is 12.0. The number of amides is 1. The Kier molecular flexibility index (Phi) is 7.08. The molecule has 6 heteroatoms. The summed E-state index contributed by atoms with van der Waals surface area (Å²) in [6.45, 7) is 2.47. The lowest BCUT2D eigenvalue weighted by atomic mass is 10.2. The van der Waals surface area contributed by atoms with Gasteiger partial charge in [-0.2, -0.15) is 5.10 Å². The summed E-state index contributed by atoms with van der Waals surface area (Å²) in [6.07, 6.45) is 4.94. The molecule has 2 rings (SSSR count). The third-order valence-electron chi connectivity index (χ3n) is 3.32. The van der Waals surface area contributed by atoms with Gasteiger partial charge in [0, 0.05) is 37.8 Å². The number of nitrogens with zero attached hydrogens (tertiary/aromatic N) is 3. The summed E-state index contributed by atoms with van der Waals surface area (Å²) in [5, 5.41) is 4.33. The highest BCUT2D eigenvalue weighted by molar-refractivity contribution is 5.85. The number of halogens is 1. The van der Waals surface area contributed by atoms with E-state index in [9.17, 15) is 4.79 Å². The molecule has 1 aromatic carbocycles. The molecule has 5 nitrogen and oxygen atoms in total. The van der Waals surface area contributed by atoms with Crippen molar-refractivity contribution >= 4 is 18.3 Å². The highest BCUT2D eigenvalue weighted by atomic mass is 35.5. The van der Waals surface area contributed by atoms with Crippen molar-refractivity contribution in [3.63, 3.8) is 0 Å². The van der Waals surface area contributed by atoms with Crippen LogP contribution in [-0.2, 0) is 11.3 Å². The molecular weight excluding hydrogens is 300 g/mol. The van der Waals surface area contributed by atoms with E-state index in [1.54, 1.807) is 11.1 Å². The molecular formula is C16H23ClN4O. The Morgan fingerprint density at radius 1 is 1.36 bits per heavy atom. The molecule has 1 heterocycles. The van der Waals surface area contributed by atoms with E-state index >= 15 is 0 Å². The second-order valence-corrected chi connectivity index (χ2v) is 5.39. The van der Waals surface area contributed by atoms with Gasteiger partial charge in [-0.15, -0.1) is 12.4 Å². The lowest BCUT2D eigenvalue weighted by molar-refractivity contribution is -0.130. The molecule has 0 radical (unpaired) electrons. The number of para-hydroxylation sites is 1. The molecule has 0 fully saturated rings. The highest BCUT2D eigenvalue weighted by Gasteiger charge is 2.11. The third kappa shape index (κ3) is 5.16. The molecule has 1 unspecified atom stereocenters. The van der Waals surface area contributed by atoms with Crippen molar-refractivity contribution < 1.29 is 4.79 Å². The van der Waals surface area contributed by atoms with Gasteiger partial charge in [-0.05, 0) is 25.5 Å². The maximum absolute atomic E-state index is 12.0. The van der Waals surface area contributed by atoms with Gasteiger partial charge in [0.05, 0.1) is 11.9 Å². The molecule has 0 aliphatic carbocycles. The van der Waals surface area contributed by atoms with Crippen LogP contribution in [-0.4, -0.2) is 33.7 Å². The summed E-state index contributed by atoms with van der Waals surface area (Å²) in [6, 6.07) is 9.96. The molecule has 0 aliphatic rings. The average molecular weight is 323 g/mol. The Balaban J connectivity index is 0.00000242. The monoisotopic (exact) mass is 322 g/mol. The van der Waals surface area contributed by atoms with Crippen LogP contribution in [0.5, 0.6) is 0 Å². The first-order valence-electron chi connectivity index (χ1n) is 7.15. The first-order valence-corrected chi connectivity index (χ1v) is 7.15. The topological polar surface area (TPSA) is 64.2 Å². The van der Waals surface area contributed by atoms with Crippen LogP contribution >= 0.6 is 12.4 Å². The number of carbonyl (C=O) groups excluding carboxylic acids is 1. The van der Waals surface area contributed by atoms with E-state index in [0.717, 1.165) is 11.3 Å². The van der Waals surface area contributed by atoms with Gasteiger partial charge in [-0.1, -0.05) is 18.2 Å². The molecule has 1 atom stereocenters. The van der Waals surface area contributed by atoms with Crippen molar-refractivity contribution in [1.29, 1.82) is 0 Å². The number of rotatable bonds is 6. The van der Waals surface area contributed by atoms with Crippen molar-refractivity contribution in [2.24, 2.45) is 5.73 Å². The molecule has 0 bridgehead atoms. The first kappa shape index (κ1) is 18.2. The summed E-state index contributed by atoms with van der Waals surface area (Å²) >= 11 is 0. The Bertz CT molecular complexity index is 583. The van der Waals surface area contributed by atoms with Crippen molar-refractivity contribution in [1.82, 2.24) is 14.7 Å². The van der Waals surface area contributed by atoms with E-state index in [1.165, 1.54) is 0 Å². The average Bonchev–Trinajstić information content (AvgIpc) is 2.94. The van der Waals surface area contributed by atoms with Gasteiger partial charge in [-0.3, -0.25) is 4.79 Å². The molecule has 120 valence electrons. The predicted octanol–water partition coefficient (Wildman–Crippen LogP) is 2.38. The number of carbonyl (C=O) groups is 1. The fourth-order valence-electron chi connectivity index (χ4n) is 2.07. The number of benzene rings is 1. The van der Waals surface area contributed by atoms with E-state index in [1.807, 2.05) is 55.2 Å². The Morgan fingerprint density at radius 3 is 2.68 bits per heavy atom. The fraction of sp³-hybridized carbons (Fsp3) is 0.375. The van der Waals surface area contributed by atoms with E-state index in [4.69, 9.17) is 5.73 Å². The van der Waals surface area contributed by atoms with Crippen LogP contribution in [0, 0.1) is 0 Å². The van der Waals surface area contributed by atoms with Gasteiger partial charge in [0.15, 0.2) is 0 Å². The lowest BCUT2D eigenvalue weighted by Gasteiger charge is -2.16. The van der Waals surface area contributed by atoms with Crippen molar-refractivity contribution in [3.8, 4) is 5.69 Å². The van der Waals surface area contributed by atoms with Gasteiger partial charge in [0.2, 0.25) is 5.91 Å². The van der Waals surface area contributed by atoms with Gasteiger partial charge in [0.25, 0.3) is 0 Å². The SMILES string of the molecule is CC(N)CCC(=O)N(C)Cc1cnn(-c2ccccc2)c1.Cl. The van der Waals surface area contributed by atoms with Crippen molar-refractivity contribution in [2.75, 3.05) is 7.05 Å². The summed E-state index contributed by atoms with van der Waals surface area (Å²) in [5.74, 6) is 0.111. The zero-order chi connectivity index (χ0) is 15.2. The zero-order valence-electron chi connectivity index (χ0n) is 13.0. The largest absolute Gasteiger partial charge is 0.341 e. The number of hydrogen-bond donors (Lipinski definition) is 1. The van der Waals surface area contributed by atoms with Crippen LogP contribution in [0.15, 0.2) is 42.7 Å². The summed E-state index contributed by atoms with van der Waals surface area (Å²) in [7, 11) is 1.81. The van der Waals surface area contributed by atoms with Crippen LogP contribution in [0.4, 0.5) is 0 Å². The maximum Gasteiger partial charge on any atom is 0.222 e. The molecule has 0 saturated carbocycles. The van der Waals surface area contributed by atoms with Gasteiger partial charge < -0.3 is 10.6 Å². The second-order valence-electron chi connectivity index (χ2n) is 5.39. The normalized spacial score (nSPS) is 11.6. The Morgan fingerprint density at radius 2 is 2.05 bits per heavy atom. The smallest absolute Gasteiger partial charge is 0.222 e. The minimum atomic E-state index is 0. The van der Waals surface area contributed by atoms with E-state index < -0.39 is 0 Å². The van der Waals surface area contributed by atoms with Crippen LogP contribution in [0.3, 0.4) is 0 Å². The highest BCUT2D eigenvalue weighted by Crippen LogP contribution is 2.10. The summed E-state index contributed by atoms with van der Waals surface area (Å²) in [4.78, 5) is 13.7. The Hall–Kier alpha value is -1.85. The van der Waals surface area contributed by atoms with Crippen molar-refractivity contribution in [2.45, 2.75) is 32.4 Å². The second kappa shape index (κ2) is 8.56. The minimum absolute atomic E-state index is 0. The first-order chi connectivity index (χ1) is 10.1. The van der Waals surface area contributed by atoms with Crippen LogP contribution in [0.2, 0.25) is 0 Å². The molecule has 1 amide bonds. The van der Waals surface area contributed by atoms with Gasteiger partial charge in [0.1, 0.15) is 0 Å². The summed E-state index contributed by atoms with van der Waals surface area (Å²) in [5.41, 5.74) is 7.70. The van der Waals surface area contributed by atoms with Crippen LogP contribution < -0.4 is 5.73 Å². The molecule has 22 heavy (non-hydrogen) atoms. The molecule has 1 aromatic heterocycles. The third-order valence-corrected chi connectivity index (χ3v) is 3.32. The minimum Gasteiger partial charge on any atom is -0.341 e. The molecule has 0 saturated heterocycles.